The van der Waals surface area contributed by atoms with Crippen molar-refractivity contribution in [3.8, 4) is 0 Å². The van der Waals surface area contributed by atoms with Gasteiger partial charge in [-0.1, -0.05) is 0 Å². The summed E-state index contributed by atoms with van der Waals surface area (Å²) in [6.07, 6.45) is 4.97. The molecule has 2 heteroatoms. The molecule has 2 nitrogen and oxygen atoms in total. The zero-order valence-electron chi connectivity index (χ0n) is 4.24. The van der Waals surface area contributed by atoms with Crippen LogP contribution in [-0.4, -0.2) is 11.2 Å². The quantitative estimate of drug-likeness (QED) is 0.437. The van der Waals surface area contributed by atoms with Gasteiger partial charge in [0, 0.05) is 0 Å². The molecule has 0 atom stereocenters. The highest BCUT2D eigenvalue weighted by atomic mass is 16.3. The van der Waals surface area contributed by atoms with Crippen LogP contribution in [0.4, 0.5) is 0 Å². The largest absolute Gasteiger partial charge is 0.864 e. The first-order chi connectivity index (χ1) is 3.79. The van der Waals surface area contributed by atoms with Crippen molar-refractivity contribution in [2.75, 3.05) is 0 Å². The van der Waals surface area contributed by atoms with Crippen molar-refractivity contribution in [2.24, 2.45) is 0 Å². The number of rotatable bonds is 0. The standard InChI is InChI=1S/C6H6O2/c7-5-1-2-6(8)4-3-5/h1-5,8H/q-2. The van der Waals surface area contributed by atoms with Crippen molar-refractivity contribution in [3.05, 3.63) is 30.4 Å². The van der Waals surface area contributed by atoms with Gasteiger partial charge >= 0.3 is 0 Å². The second kappa shape index (κ2) is 2.03. The number of hydrogen-bond donors (Lipinski definition) is 1. The molecule has 0 bridgehead atoms. The second-order valence-electron chi connectivity index (χ2n) is 1.61. The average molecular weight is 110 g/mol. The minimum absolute atomic E-state index is 0.150. The van der Waals surface area contributed by atoms with Gasteiger partial charge in [0.1, 0.15) is 0 Å². The van der Waals surface area contributed by atoms with Crippen molar-refractivity contribution >= 4 is 0 Å². The molecule has 0 aromatic rings. The van der Waals surface area contributed by atoms with E-state index < -0.39 is 6.10 Å². The summed E-state index contributed by atoms with van der Waals surface area (Å²) < 4.78 is 0. The van der Waals surface area contributed by atoms with E-state index in [9.17, 15) is 5.11 Å². The lowest BCUT2D eigenvalue weighted by molar-refractivity contribution is -0.387. The van der Waals surface area contributed by atoms with Crippen LogP contribution in [0.15, 0.2) is 24.3 Å². The molecule has 1 N–H and O–H groups in total. The van der Waals surface area contributed by atoms with Crippen LogP contribution >= 0.6 is 0 Å². The van der Waals surface area contributed by atoms with Crippen LogP contribution in [0.3, 0.4) is 0 Å². The first kappa shape index (κ1) is 5.41. The maximum Gasteiger partial charge on any atom is -0.0404 e. The summed E-state index contributed by atoms with van der Waals surface area (Å²) in [5.41, 5.74) is 0. The SMILES string of the molecule is [O-]C1C=C[C-](O)C=C1. The van der Waals surface area contributed by atoms with E-state index in [2.05, 4.69) is 0 Å². The molecular formula is C6H6O2-2. The number of hydrogen-bond acceptors (Lipinski definition) is 2. The molecule has 0 saturated carbocycles. The van der Waals surface area contributed by atoms with Crippen molar-refractivity contribution in [1.29, 1.82) is 0 Å². The van der Waals surface area contributed by atoms with E-state index >= 15 is 0 Å². The van der Waals surface area contributed by atoms with Crippen LogP contribution in [0.5, 0.6) is 0 Å². The van der Waals surface area contributed by atoms with Crippen molar-refractivity contribution < 1.29 is 10.2 Å². The predicted molar refractivity (Wildman–Crippen MR) is 27.2 cm³/mol. The van der Waals surface area contributed by atoms with Gasteiger partial charge in [-0.25, -0.2) is 0 Å². The normalized spacial score (nSPS) is 20.0. The fraction of sp³-hybridized carbons (Fsp3) is 0.167. The van der Waals surface area contributed by atoms with E-state index in [1.165, 1.54) is 24.3 Å². The second-order valence-corrected chi connectivity index (χ2v) is 1.61. The third kappa shape index (κ3) is 1.12. The Labute approximate surface area is 47.8 Å². The van der Waals surface area contributed by atoms with Crippen LogP contribution in [0.25, 0.3) is 0 Å². The van der Waals surface area contributed by atoms with E-state index in [0.717, 1.165) is 0 Å². The van der Waals surface area contributed by atoms with E-state index in [4.69, 9.17) is 5.11 Å². The number of aliphatic hydroxyl groups is 1. The Hall–Kier alpha value is -0.730. The molecule has 0 aromatic heterocycles. The van der Waals surface area contributed by atoms with Crippen LogP contribution in [0, 0.1) is 6.10 Å². The zero-order chi connectivity index (χ0) is 5.98. The lowest BCUT2D eigenvalue weighted by Crippen LogP contribution is -2.21. The molecule has 1 aliphatic rings. The van der Waals surface area contributed by atoms with Crippen LogP contribution in [0.1, 0.15) is 0 Å². The molecule has 0 amide bonds. The minimum atomic E-state index is -0.772. The van der Waals surface area contributed by atoms with Gasteiger partial charge in [-0.15, -0.1) is 12.2 Å². The summed E-state index contributed by atoms with van der Waals surface area (Å²) in [4.78, 5) is 0. The lowest BCUT2D eigenvalue weighted by Gasteiger charge is -2.25. The average Bonchev–Trinajstić information content (AvgIpc) is 1.77. The van der Waals surface area contributed by atoms with Gasteiger partial charge < -0.3 is 10.2 Å². The third-order valence-corrected chi connectivity index (χ3v) is 0.913. The summed E-state index contributed by atoms with van der Waals surface area (Å²) in [6.45, 7) is 0. The molecular weight excluding hydrogens is 104 g/mol. The molecule has 8 heavy (non-hydrogen) atoms. The topological polar surface area (TPSA) is 43.3 Å². The van der Waals surface area contributed by atoms with Crippen molar-refractivity contribution in [2.45, 2.75) is 6.10 Å². The summed E-state index contributed by atoms with van der Waals surface area (Å²) in [6, 6.07) is 0. The first-order valence-corrected chi connectivity index (χ1v) is 2.37. The summed E-state index contributed by atoms with van der Waals surface area (Å²) in [5, 5.41) is 19.0. The summed E-state index contributed by atoms with van der Waals surface area (Å²) in [5.74, 6) is 0. The molecule has 0 heterocycles. The molecule has 0 spiro atoms. The fourth-order valence-electron chi connectivity index (χ4n) is 0.507. The fourth-order valence-corrected chi connectivity index (χ4v) is 0.507. The molecule has 44 valence electrons. The monoisotopic (exact) mass is 110 g/mol. The highest BCUT2D eigenvalue weighted by Gasteiger charge is 1.85. The van der Waals surface area contributed by atoms with Gasteiger partial charge in [0.2, 0.25) is 0 Å². The van der Waals surface area contributed by atoms with E-state index in [1.54, 1.807) is 0 Å². The minimum Gasteiger partial charge on any atom is -0.864 e. The molecule has 0 unspecified atom stereocenters. The number of aliphatic hydroxyl groups excluding tert-OH is 1. The van der Waals surface area contributed by atoms with Gasteiger partial charge in [0.25, 0.3) is 0 Å². The maximum absolute atomic E-state index is 10.4. The van der Waals surface area contributed by atoms with Crippen LogP contribution in [-0.2, 0) is 0 Å². The Morgan fingerprint density at radius 1 is 1.38 bits per heavy atom. The zero-order valence-corrected chi connectivity index (χ0v) is 4.24. The summed E-state index contributed by atoms with van der Waals surface area (Å²) in [7, 11) is 0. The molecule has 1 rings (SSSR count). The lowest BCUT2D eigenvalue weighted by atomic mass is 10.1. The van der Waals surface area contributed by atoms with Crippen LogP contribution < -0.4 is 5.11 Å². The molecule has 0 radical (unpaired) electrons. The smallest absolute Gasteiger partial charge is 0.0404 e. The Bertz CT molecular complexity index is 98.5. The molecule has 1 aliphatic carbocycles. The predicted octanol–water partition coefficient (Wildman–Crippen LogP) is -0.254. The highest BCUT2D eigenvalue weighted by Crippen LogP contribution is 2.05. The summed E-state index contributed by atoms with van der Waals surface area (Å²) >= 11 is 0. The van der Waals surface area contributed by atoms with Gasteiger partial charge in [-0.05, 0) is 6.10 Å². The van der Waals surface area contributed by atoms with Gasteiger partial charge in [0.15, 0.2) is 0 Å². The first-order valence-electron chi connectivity index (χ1n) is 2.37. The molecule has 0 aliphatic heterocycles. The Morgan fingerprint density at radius 3 is 2.25 bits per heavy atom. The van der Waals surface area contributed by atoms with E-state index in [0.29, 0.717) is 0 Å². The maximum atomic E-state index is 10.4. The van der Waals surface area contributed by atoms with E-state index in [1.807, 2.05) is 0 Å². The van der Waals surface area contributed by atoms with Crippen molar-refractivity contribution in [1.82, 2.24) is 0 Å². The third-order valence-electron chi connectivity index (χ3n) is 0.913. The van der Waals surface area contributed by atoms with Crippen molar-refractivity contribution in [3.63, 3.8) is 0 Å². The molecule has 0 fully saturated rings. The Kier molecular flexibility index (Phi) is 1.37. The Balaban J connectivity index is 2.54. The van der Waals surface area contributed by atoms with Crippen LogP contribution in [0.2, 0.25) is 0 Å². The highest BCUT2D eigenvalue weighted by molar-refractivity contribution is 5.24. The Morgan fingerprint density at radius 2 is 1.88 bits per heavy atom. The molecule has 0 aromatic carbocycles. The molecule has 0 saturated heterocycles. The van der Waals surface area contributed by atoms with Gasteiger partial charge in [0.05, 0.1) is 0 Å². The van der Waals surface area contributed by atoms with E-state index in [-0.39, 0.29) is 6.10 Å². The van der Waals surface area contributed by atoms with Gasteiger partial charge in [-0.2, -0.15) is 18.3 Å². The van der Waals surface area contributed by atoms with Gasteiger partial charge in [-0.3, -0.25) is 0 Å².